The van der Waals surface area contributed by atoms with Crippen LogP contribution in [0.4, 0.5) is 4.39 Å². The minimum absolute atomic E-state index is 0.186. The van der Waals surface area contributed by atoms with Crippen LogP contribution in [0, 0.1) is 0 Å². The van der Waals surface area contributed by atoms with Gasteiger partial charge in [0.25, 0.3) is 0 Å². The van der Waals surface area contributed by atoms with Crippen LogP contribution >= 0.6 is 11.8 Å². The van der Waals surface area contributed by atoms with Gasteiger partial charge in [0.2, 0.25) is 0 Å². The number of benzene rings is 1. The molecule has 0 amide bonds. The fourth-order valence-electron chi connectivity index (χ4n) is 1.86. The van der Waals surface area contributed by atoms with E-state index in [0.29, 0.717) is 0 Å². The summed E-state index contributed by atoms with van der Waals surface area (Å²) in [5.41, 5.74) is 0. The Morgan fingerprint density at radius 3 is 2.50 bits per heavy atom. The fourth-order valence-corrected chi connectivity index (χ4v) is 3.09. The number of thioether (sulfide) groups is 1. The van der Waals surface area contributed by atoms with E-state index in [4.69, 9.17) is 0 Å². The summed E-state index contributed by atoms with van der Waals surface area (Å²) < 4.78 is 13.5. The van der Waals surface area contributed by atoms with Gasteiger partial charge in [-0.15, -0.1) is 11.8 Å². The molecule has 0 aromatic heterocycles. The molecular weight excluding hydrogens is 195 g/mol. The quantitative estimate of drug-likeness (QED) is 0.709. The van der Waals surface area contributed by atoms with Gasteiger partial charge in [-0.3, -0.25) is 0 Å². The molecule has 76 valence electrons. The monoisotopic (exact) mass is 210 g/mol. The maximum absolute atomic E-state index is 13.5. The van der Waals surface area contributed by atoms with Crippen molar-refractivity contribution in [1.82, 2.24) is 0 Å². The van der Waals surface area contributed by atoms with Crippen molar-refractivity contribution in [1.29, 1.82) is 0 Å². The molecule has 0 saturated heterocycles. The van der Waals surface area contributed by atoms with Gasteiger partial charge in [0, 0.05) is 10.1 Å². The van der Waals surface area contributed by atoms with E-state index < -0.39 is 6.17 Å². The summed E-state index contributed by atoms with van der Waals surface area (Å²) in [5.74, 6) is 0. The van der Waals surface area contributed by atoms with Crippen molar-refractivity contribution >= 4 is 11.8 Å². The molecule has 2 atom stereocenters. The van der Waals surface area contributed by atoms with Crippen LogP contribution in [-0.2, 0) is 0 Å². The molecule has 1 fully saturated rings. The maximum Gasteiger partial charge on any atom is 0.112 e. The number of halogens is 1. The molecule has 1 aliphatic carbocycles. The van der Waals surface area contributed by atoms with Gasteiger partial charge >= 0.3 is 0 Å². The molecule has 0 spiro atoms. The summed E-state index contributed by atoms with van der Waals surface area (Å²) in [7, 11) is 0. The van der Waals surface area contributed by atoms with E-state index in [9.17, 15) is 4.39 Å². The second kappa shape index (κ2) is 4.83. The molecule has 0 heterocycles. The van der Waals surface area contributed by atoms with Crippen LogP contribution in [0.2, 0.25) is 0 Å². The molecular formula is C12H15FS. The number of hydrogen-bond acceptors (Lipinski definition) is 1. The highest BCUT2D eigenvalue weighted by Gasteiger charge is 2.25. The zero-order chi connectivity index (χ0) is 9.80. The van der Waals surface area contributed by atoms with Crippen molar-refractivity contribution in [2.45, 2.75) is 42.0 Å². The van der Waals surface area contributed by atoms with Crippen LogP contribution in [0.3, 0.4) is 0 Å². The van der Waals surface area contributed by atoms with Crippen LogP contribution in [0.15, 0.2) is 35.2 Å². The summed E-state index contributed by atoms with van der Waals surface area (Å²) in [6, 6.07) is 10.1. The normalized spacial score (nSPS) is 27.5. The highest BCUT2D eigenvalue weighted by Crippen LogP contribution is 2.35. The average Bonchev–Trinajstić information content (AvgIpc) is 2.23. The van der Waals surface area contributed by atoms with E-state index in [2.05, 4.69) is 12.1 Å². The first kappa shape index (κ1) is 10.0. The summed E-state index contributed by atoms with van der Waals surface area (Å²) >= 11 is 1.70. The smallest absolute Gasteiger partial charge is 0.112 e. The molecule has 1 aromatic carbocycles. The predicted octanol–water partition coefficient (Wildman–Crippen LogP) is 4.06. The Labute approximate surface area is 88.9 Å². The number of alkyl halides is 1. The summed E-state index contributed by atoms with van der Waals surface area (Å²) in [6.45, 7) is 0. The molecule has 14 heavy (non-hydrogen) atoms. The summed E-state index contributed by atoms with van der Waals surface area (Å²) in [6.07, 6.45) is 3.43. The van der Waals surface area contributed by atoms with Crippen molar-refractivity contribution in [2.75, 3.05) is 0 Å². The van der Waals surface area contributed by atoms with Crippen molar-refractivity contribution in [3.05, 3.63) is 30.3 Å². The standard InChI is InChI=1S/C12H15FS/c13-11-8-4-5-9-12(11)14-10-6-2-1-3-7-10/h1-3,6-7,11-12H,4-5,8-9H2/t11-,12-/m1/s1. The molecule has 0 aliphatic heterocycles. The van der Waals surface area contributed by atoms with Gasteiger partial charge in [-0.2, -0.15) is 0 Å². The maximum atomic E-state index is 13.5. The first-order chi connectivity index (χ1) is 6.86. The number of hydrogen-bond donors (Lipinski definition) is 0. The lowest BCUT2D eigenvalue weighted by atomic mass is 9.98. The molecule has 1 saturated carbocycles. The SMILES string of the molecule is F[C@@H]1CCCC[C@H]1Sc1ccccc1. The molecule has 2 heteroatoms. The van der Waals surface area contributed by atoms with Gasteiger partial charge in [-0.1, -0.05) is 31.0 Å². The molecule has 0 unspecified atom stereocenters. The third-order valence-corrected chi connectivity index (χ3v) is 4.03. The summed E-state index contributed by atoms with van der Waals surface area (Å²) in [5, 5.41) is 0.186. The van der Waals surface area contributed by atoms with Crippen LogP contribution < -0.4 is 0 Å². The molecule has 1 aromatic rings. The van der Waals surface area contributed by atoms with Gasteiger partial charge in [-0.25, -0.2) is 4.39 Å². The zero-order valence-corrected chi connectivity index (χ0v) is 8.97. The minimum Gasteiger partial charge on any atom is -0.246 e. The van der Waals surface area contributed by atoms with Gasteiger partial charge in [-0.05, 0) is 25.0 Å². The lowest BCUT2D eigenvalue weighted by molar-refractivity contribution is 0.260. The Balaban J connectivity index is 1.96. The zero-order valence-electron chi connectivity index (χ0n) is 8.16. The minimum atomic E-state index is -0.603. The molecule has 0 nitrogen and oxygen atoms in total. The van der Waals surface area contributed by atoms with E-state index in [0.717, 1.165) is 19.3 Å². The van der Waals surface area contributed by atoms with Crippen molar-refractivity contribution < 1.29 is 4.39 Å². The lowest BCUT2D eigenvalue weighted by Gasteiger charge is -2.25. The van der Waals surface area contributed by atoms with Crippen molar-refractivity contribution in [3.63, 3.8) is 0 Å². The van der Waals surface area contributed by atoms with E-state index >= 15 is 0 Å². The molecule has 0 N–H and O–H groups in total. The van der Waals surface area contributed by atoms with Gasteiger partial charge in [0.1, 0.15) is 6.17 Å². The second-order valence-corrected chi connectivity index (χ2v) is 5.08. The van der Waals surface area contributed by atoms with Crippen molar-refractivity contribution in [2.24, 2.45) is 0 Å². The molecule has 0 bridgehead atoms. The third-order valence-electron chi connectivity index (χ3n) is 2.65. The Kier molecular flexibility index (Phi) is 3.46. The number of rotatable bonds is 2. The largest absolute Gasteiger partial charge is 0.246 e. The highest BCUT2D eigenvalue weighted by molar-refractivity contribution is 8.00. The fraction of sp³-hybridized carbons (Fsp3) is 0.500. The average molecular weight is 210 g/mol. The van der Waals surface area contributed by atoms with E-state index in [1.807, 2.05) is 18.2 Å². The molecule has 1 aliphatic rings. The van der Waals surface area contributed by atoms with Gasteiger partial charge < -0.3 is 0 Å². The third kappa shape index (κ3) is 2.50. The topological polar surface area (TPSA) is 0 Å². The van der Waals surface area contributed by atoms with E-state index in [1.165, 1.54) is 11.3 Å². The highest BCUT2D eigenvalue weighted by atomic mass is 32.2. The van der Waals surface area contributed by atoms with Crippen LogP contribution in [-0.4, -0.2) is 11.4 Å². The Bertz CT molecular complexity index is 273. The Hall–Kier alpha value is -0.500. The van der Waals surface area contributed by atoms with Crippen LogP contribution in [0.5, 0.6) is 0 Å². The van der Waals surface area contributed by atoms with Crippen LogP contribution in [0.1, 0.15) is 25.7 Å². The Morgan fingerprint density at radius 2 is 1.79 bits per heavy atom. The Morgan fingerprint density at radius 1 is 1.07 bits per heavy atom. The van der Waals surface area contributed by atoms with Gasteiger partial charge in [0.15, 0.2) is 0 Å². The van der Waals surface area contributed by atoms with Crippen LogP contribution in [0.25, 0.3) is 0 Å². The predicted molar refractivity (Wildman–Crippen MR) is 59.5 cm³/mol. The van der Waals surface area contributed by atoms with E-state index in [-0.39, 0.29) is 5.25 Å². The lowest BCUT2D eigenvalue weighted by Crippen LogP contribution is -2.22. The first-order valence-corrected chi connectivity index (χ1v) is 6.10. The second-order valence-electron chi connectivity index (χ2n) is 3.77. The molecule has 2 rings (SSSR count). The van der Waals surface area contributed by atoms with Gasteiger partial charge in [0.05, 0.1) is 0 Å². The van der Waals surface area contributed by atoms with E-state index in [1.54, 1.807) is 11.8 Å². The molecule has 0 radical (unpaired) electrons. The first-order valence-electron chi connectivity index (χ1n) is 5.22. The van der Waals surface area contributed by atoms with Crippen molar-refractivity contribution in [3.8, 4) is 0 Å². The summed E-state index contributed by atoms with van der Waals surface area (Å²) in [4.78, 5) is 1.20.